The van der Waals surface area contributed by atoms with Gasteiger partial charge < -0.3 is 10.1 Å². The minimum Gasteiger partial charge on any atom is -0.457 e. The maximum absolute atomic E-state index is 5.78. The van der Waals surface area contributed by atoms with Gasteiger partial charge in [-0.2, -0.15) is 0 Å². The monoisotopic (exact) mass is 284 g/mol. The molecule has 0 saturated carbocycles. The quantitative estimate of drug-likeness (QED) is 0.341. The molecule has 0 saturated heterocycles. The number of nitrogens with one attached hydrogen (secondary N) is 2. The summed E-state index contributed by atoms with van der Waals surface area (Å²) in [5.41, 5.74) is 3.41. The summed E-state index contributed by atoms with van der Waals surface area (Å²) < 4.78 is 5.78. The highest BCUT2D eigenvalue weighted by molar-refractivity contribution is 5.93. The smallest absolute Gasteiger partial charge is 0.210 e. The van der Waals surface area contributed by atoms with Crippen molar-refractivity contribution in [3.05, 3.63) is 54.6 Å². The molecule has 0 heterocycles. The number of rotatable bonds is 5. The van der Waals surface area contributed by atoms with Gasteiger partial charge in [-0.25, -0.2) is 5.84 Å². The van der Waals surface area contributed by atoms with Crippen molar-refractivity contribution in [3.8, 4) is 11.5 Å². The molecule has 5 nitrogen and oxygen atoms in total. The fraction of sp³-hybridized carbons (Fsp3) is 0.188. The Morgan fingerprint density at radius 3 is 2.57 bits per heavy atom. The van der Waals surface area contributed by atoms with Crippen molar-refractivity contribution in [1.82, 2.24) is 5.43 Å². The summed E-state index contributed by atoms with van der Waals surface area (Å²) in [5.74, 6) is 7.53. The van der Waals surface area contributed by atoms with E-state index < -0.39 is 0 Å². The Morgan fingerprint density at radius 1 is 1.10 bits per heavy atom. The molecule has 0 spiro atoms. The molecule has 0 bridgehead atoms. The van der Waals surface area contributed by atoms with Gasteiger partial charge in [0.25, 0.3) is 0 Å². The summed E-state index contributed by atoms with van der Waals surface area (Å²) >= 11 is 0. The van der Waals surface area contributed by atoms with E-state index in [1.54, 1.807) is 0 Å². The average molecular weight is 284 g/mol. The molecule has 0 amide bonds. The second-order valence-electron chi connectivity index (χ2n) is 4.44. The summed E-state index contributed by atoms with van der Waals surface area (Å²) in [4.78, 5) is 4.30. The Balaban J connectivity index is 2.07. The highest BCUT2D eigenvalue weighted by Crippen LogP contribution is 2.23. The lowest BCUT2D eigenvalue weighted by molar-refractivity contribution is 0.483. The topological polar surface area (TPSA) is 71.7 Å². The third kappa shape index (κ3) is 4.81. The number of hydrogen-bond acceptors (Lipinski definition) is 3. The number of nitrogens with zero attached hydrogens (tertiary/aromatic N) is 1. The van der Waals surface area contributed by atoms with Gasteiger partial charge in [0, 0.05) is 18.3 Å². The van der Waals surface area contributed by atoms with Gasteiger partial charge in [-0.05, 0) is 30.7 Å². The van der Waals surface area contributed by atoms with Gasteiger partial charge in [-0.1, -0.05) is 31.2 Å². The second-order valence-corrected chi connectivity index (χ2v) is 4.44. The molecular formula is C16H20N4O. The summed E-state index contributed by atoms with van der Waals surface area (Å²) in [7, 11) is 0. The number of anilines is 1. The van der Waals surface area contributed by atoms with Crippen molar-refractivity contribution in [3.63, 3.8) is 0 Å². The standard InChI is InChI=1S/C16H20N4O/c1-2-11-18-16(20-17)19-13-7-6-10-15(12-13)21-14-8-4-3-5-9-14/h3-10,12H,2,11,17H2,1H3,(H2,18,19,20). The maximum atomic E-state index is 5.78. The first-order valence-corrected chi connectivity index (χ1v) is 6.93. The van der Waals surface area contributed by atoms with Crippen molar-refractivity contribution >= 4 is 11.6 Å². The Kier molecular flexibility index (Phi) is 5.60. The molecule has 0 fully saturated rings. The van der Waals surface area contributed by atoms with Crippen molar-refractivity contribution in [2.45, 2.75) is 13.3 Å². The summed E-state index contributed by atoms with van der Waals surface area (Å²) in [5, 5.41) is 3.12. The molecule has 2 aromatic carbocycles. The molecule has 0 radical (unpaired) electrons. The molecule has 0 atom stereocenters. The molecule has 0 aliphatic heterocycles. The highest BCUT2D eigenvalue weighted by atomic mass is 16.5. The number of aliphatic imine (C=N–C) groups is 1. The Hall–Kier alpha value is -2.53. The highest BCUT2D eigenvalue weighted by Gasteiger charge is 2.01. The van der Waals surface area contributed by atoms with Crippen LogP contribution in [0.5, 0.6) is 11.5 Å². The van der Waals surface area contributed by atoms with Crippen LogP contribution in [0.2, 0.25) is 0 Å². The molecular weight excluding hydrogens is 264 g/mol. The molecule has 0 aliphatic carbocycles. The molecule has 0 aliphatic rings. The Morgan fingerprint density at radius 2 is 1.86 bits per heavy atom. The zero-order valence-corrected chi connectivity index (χ0v) is 12.0. The van der Waals surface area contributed by atoms with E-state index in [4.69, 9.17) is 10.6 Å². The van der Waals surface area contributed by atoms with E-state index in [-0.39, 0.29) is 0 Å². The molecule has 5 heteroatoms. The van der Waals surface area contributed by atoms with E-state index in [0.717, 1.165) is 23.6 Å². The predicted molar refractivity (Wildman–Crippen MR) is 86.5 cm³/mol. The Labute approximate surface area is 124 Å². The van der Waals surface area contributed by atoms with E-state index in [2.05, 4.69) is 22.7 Å². The predicted octanol–water partition coefficient (Wildman–Crippen LogP) is 3.12. The van der Waals surface area contributed by atoms with Crippen LogP contribution in [0.15, 0.2) is 59.6 Å². The summed E-state index contributed by atoms with van der Waals surface area (Å²) in [6.45, 7) is 2.78. The molecule has 4 N–H and O–H groups in total. The lowest BCUT2D eigenvalue weighted by atomic mass is 10.3. The van der Waals surface area contributed by atoms with Crippen LogP contribution in [-0.2, 0) is 0 Å². The first-order valence-electron chi connectivity index (χ1n) is 6.93. The molecule has 0 unspecified atom stereocenters. The van der Waals surface area contributed by atoms with Crippen molar-refractivity contribution in [1.29, 1.82) is 0 Å². The van der Waals surface area contributed by atoms with E-state index in [1.165, 1.54) is 0 Å². The van der Waals surface area contributed by atoms with E-state index in [1.807, 2.05) is 54.6 Å². The van der Waals surface area contributed by atoms with Crippen molar-refractivity contribution < 1.29 is 4.74 Å². The van der Waals surface area contributed by atoms with Gasteiger partial charge in [0.15, 0.2) is 0 Å². The van der Waals surface area contributed by atoms with Gasteiger partial charge in [0.1, 0.15) is 11.5 Å². The largest absolute Gasteiger partial charge is 0.457 e. The first-order chi connectivity index (χ1) is 10.3. The fourth-order valence-electron chi connectivity index (χ4n) is 1.74. The Bertz CT molecular complexity index is 584. The van der Waals surface area contributed by atoms with Crippen molar-refractivity contribution in [2.24, 2.45) is 10.8 Å². The number of hydrogen-bond donors (Lipinski definition) is 3. The minimum absolute atomic E-state index is 0.536. The molecule has 0 aromatic heterocycles. The van der Waals surface area contributed by atoms with Crippen LogP contribution in [0.1, 0.15) is 13.3 Å². The zero-order valence-electron chi connectivity index (χ0n) is 12.0. The number of benzene rings is 2. The van der Waals surface area contributed by atoms with Crippen LogP contribution in [0.25, 0.3) is 0 Å². The van der Waals surface area contributed by atoms with Gasteiger partial charge in [0.05, 0.1) is 0 Å². The number of guanidine groups is 1. The van der Waals surface area contributed by atoms with Crippen LogP contribution < -0.4 is 21.3 Å². The number of hydrazine groups is 1. The number of nitrogens with two attached hydrogens (primary N) is 1. The SMILES string of the molecule is CCCN=C(NN)Nc1cccc(Oc2ccccc2)c1. The van der Waals surface area contributed by atoms with E-state index in [9.17, 15) is 0 Å². The first kappa shape index (κ1) is 14.9. The van der Waals surface area contributed by atoms with Crippen LogP contribution >= 0.6 is 0 Å². The number of ether oxygens (including phenoxy) is 1. The van der Waals surface area contributed by atoms with E-state index >= 15 is 0 Å². The van der Waals surface area contributed by atoms with Crippen LogP contribution in [0, 0.1) is 0 Å². The van der Waals surface area contributed by atoms with Crippen LogP contribution in [0.3, 0.4) is 0 Å². The van der Waals surface area contributed by atoms with Gasteiger partial charge in [-0.3, -0.25) is 10.4 Å². The maximum Gasteiger partial charge on any atom is 0.210 e. The lowest BCUT2D eigenvalue weighted by Gasteiger charge is -2.11. The van der Waals surface area contributed by atoms with Crippen LogP contribution in [-0.4, -0.2) is 12.5 Å². The second kappa shape index (κ2) is 7.91. The average Bonchev–Trinajstić information content (AvgIpc) is 2.53. The fourth-order valence-corrected chi connectivity index (χ4v) is 1.74. The molecule has 2 rings (SSSR count). The normalized spacial score (nSPS) is 11.0. The molecule has 110 valence electrons. The van der Waals surface area contributed by atoms with Crippen molar-refractivity contribution in [2.75, 3.05) is 11.9 Å². The lowest BCUT2D eigenvalue weighted by Crippen LogP contribution is -2.36. The number of para-hydroxylation sites is 1. The van der Waals surface area contributed by atoms with E-state index in [0.29, 0.717) is 12.5 Å². The minimum atomic E-state index is 0.536. The summed E-state index contributed by atoms with van der Waals surface area (Å²) in [6, 6.07) is 17.3. The zero-order chi connectivity index (χ0) is 14.9. The molecule has 2 aromatic rings. The van der Waals surface area contributed by atoms with Gasteiger partial charge >= 0.3 is 0 Å². The van der Waals surface area contributed by atoms with Crippen LogP contribution in [0.4, 0.5) is 5.69 Å². The molecule has 21 heavy (non-hydrogen) atoms. The summed E-state index contributed by atoms with van der Waals surface area (Å²) in [6.07, 6.45) is 0.962. The van der Waals surface area contributed by atoms with Gasteiger partial charge in [-0.15, -0.1) is 0 Å². The third-order valence-corrected chi connectivity index (χ3v) is 2.71. The third-order valence-electron chi connectivity index (χ3n) is 2.71. The van der Waals surface area contributed by atoms with Gasteiger partial charge in [0.2, 0.25) is 5.96 Å².